The third kappa shape index (κ3) is 3.02. The zero-order chi connectivity index (χ0) is 17.4. The van der Waals surface area contributed by atoms with E-state index in [4.69, 9.17) is 9.47 Å². The first-order chi connectivity index (χ1) is 12.2. The smallest absolute Gasteiger partial charge is 0.358 e. The lowest BCUT2D eigenvalue weighted by atomic mass is 10.0. The molecule has 2 heterocycles. The zero-order valence-electron chi connectivity index (χ0n) is 14.7. The fraction of sp³-hybridized carbons (Fsp3) is 0.474. The molecular formula is C19H23N3O3. The normalized spacial score (nSPS) is 16.4. The largest absolute Gasteiger partial charge is 0.496 e. The maximum atomic E-state index is 11.7. The van der Waals surface area contributed by atoms with Crippen LogP contribution in [0.25, 0.3) is 0 Å². The SMILES string of the molecule is COC(=O)c1cc2n(n1)CCN(Cc1cc3c(cc1OC)CCC3)C2. The van der Waals surface area contributed by atoms with Crippen molar-refractivity contribution in [2.45, 2.75) is 38.9 Å². The summed E-state index contributed by atoms with van der Waals surface area (Å²) in [5.41, 5.74) is 5.57. The molecule has 1 aliphatic carbocycles. The van der Waals surface area contributed by atoms with Gasteiger partial charge in [-0.05, 0) is 42.5 Å². The lowest BCUT2D eigenvalue weighted by Crippen LogP contribution is -2.33. The van der Waals surface area contributed by atoms with Crippen molar-refractivity contribution < 1.29 is 14.3 Å². The molecule has 0 saturated heterocycles. The summed E-state index contributed by atoms with van der Waals surface area (Å²) in [6.45, 7) is 3.29. The topological polar surface area (TPSA) is 56.6 Å². The number of esters is 1. The van der Waals surface area contributed by atoms with Crippen molar-refractivity contribution in [1.29, 1.82) is 0 Å². The highest BCUT2D eigenvalue weighted by Crippen LogP contribution is 2.31. The fourth-order valence-corrected chi connectivity index (χ4v) is 3.87. The van der Waals surface area contributed by atoms with Crippen molar-refractivity contribution in [3.63, 3.8) is 0 Å². The van der Waals surface area contributed by atoms with Gasteiger partial charge in [-0.3, -0.25) is 9.58 Å². The van der Waals surface area contributed by atoms with E-state index in [9.17, 15) is 4.79 Å². The number of aryl methyl sites for hydroxylation is 2. The molecule has 132 valence electrons. The van der Waals surface area contributed by atoms with Gasteiger partial charge < -0.3 is 9.47 Å². The van der Waals surface area contributed by atoms with E-state index in [0.717, 1.165) is 44.0 Å². The molecular weight excluding hydrogens is 318 g/mol. The summed E-state index contributed by atoms with van der Waals surface area (Å²) in [5.74, 6) is 0.601. The predicted octanol–water partition coefficient (Wildman–Crippen LogP) is 2.18. The molecule has 2 aromatic rings. The molecule has 0 unspecified atom stereocenters. The molecule has 2 aliphatic rings. The van der Waals surface area contributed by atoms with E-state index in [0.29, 0.717) is 5.69 Å². The Morgan fingerprint density at radius 3 is 2.72 bits per heavy atom. The van der Waals surface area contributed by atoms with Crippen molar-refractivity contribution in [3.8, 4) is 5.75 Å². The summed E-state index contributed by atoms with van der Waals surface area (Å²) in [7, 11) is 3.13. The van der Waals surface area contributed by atoms with Crippen LogP contribution >= 0.6 is 0 Å². The standard InChI is InChI=1S/C19H23N3O3/c1-24-18-9-14-5-3-4-13(14)8-15(18)11-21-6-7-22-16(12-21)10-17(20-22)19(23)25-2/h8-10H,3-7,11-12H2,1-2H3. The Hall–Kier alpha value is -2.34. The third-order valence-corrected chi connectivity index (χ3v) is 5.16. The summed E-state index contributed by atoms with van der Waals surface area (Å²) in [6.07, 6.45) is 3.56. The second kappa shape index (κ2) is 6.52. The Morgan fingerprint density at radius 2 is 1.96 bits per heavy atom. The van der Waals surface area contributed by atoms with E-state index in [-0.39, 0.29) is 5.97 Å². The number of carbonyl (C=O) groups excluding carboxylic acids is 1. The van der Waals surface area contributed by atoms with Crippen LogP contribution in [0.3, 0.4) is 0 Å². The van der Waals surface area contributed by atoms with Crippen LogP contribution in [-0.4, -0.2) is 41.4 Å². The lowest BCUT2D eigenvalue weighted by Gasteiger charge is -2.28. The first-order valence-corrected chi connectivity index (χ1v) is 8.74. The summed E-state index contributed by atoms with van der Waals surface area (Å²) >= 11 is 0. The average molecular weight is 341 g/mol. The van der Waals surface area contributed by atoms with Crippen LogP contribution in [0.5, 0.6) is 5.75 Å². The Balaban J connectivity index is 1.53. The van der Waals surface area contributed by atoms with Gasteiger partial charge in [-0.25, -0.2) is 4.79 Å². The van der Waals surface area contributed by atoms with Gasteiger partial charge in [0.25, 0.3) is 0 Å². The molecule has 25 heavy (non-hydrogen) atoms. The van der Waals surface area contributed by atoms with E-state index in [1.165, 1.54) is 36.6 Å². The van der Waals surface area contributed by atoms with Gasteiger partial charge >= 0.3 is 5.97 Å². The van der Waals surface area contributed by atoms with E-state index < -0.39 is 0 Å². The maximum Gasteiger partial charge on any atom is 0.358 e. The number of hydrogen-bond acceptors (Lipinski definition) is 5. The highest BCUT2D eigenvalue weighted by molar-refractivity contribution is 5.87. The second-order valence-electron chi connectivity index (χ2n) is 6.73. The van der Waals surface area contributed by atoms with E-state index in [2.05, 4.69) is 22.1 Å². The molecule has 6 nitrogen and oxygen atoms in total. The molecule has 0 spiro atoms. The number of benzene rings is 1. The minimum absolute atomic E-state index is 0.381. The molecule has 0 atom stereocenters. The van der Waals surface area contributed by atoms with Gasteiger partial charge in [0.2, 0.25) is 0 Å². The van der Waals surface area contributed by atoms with Gasteiger partial charge in [-0.2, -0.15) is 5.10 Å². The monoisotopic (exact) mass is 341 g/mol. The second-order valence-corrected chi connectivity index (χ2v) is 6.73. The first-order valence-electron chi connectivity index (χ1n) is 8.74. The number of fused-ring (bicyclic) bond motifs is 2. The Kier molecular flexibility index (Phi) is 4.21. The minimum Gasteiger partial charge on any atom is -0.496 e. The molecule has 0 bridgehead atoms. The third-order valence-electron chi connectivity index (χ3n) is 5.16. The molecule has 6 heteroatoms. The number of methoxy groups -OCH3 is 2. The van der Waals surface area contributed by atoms with Crippen molar-refractivity contribution in [1.82, 2.24) is 14.7 Å². The number of rotatable bonds is 4. The van der Waals surface area contributed by atoms with Crippen LogP contribution in [0, 0.1) is 0 Å². The van der Waals surface area contributed by atoms with E-state index in [1.54, 1.807) is 7.11 Å². The van der Waals surface area contributed by atoms with Crippen molar-refractivity contribution in [2.24, 2.45) is 0 Å². The molecule has 0 saturated carbocycles. The van der Waals surface area contributed by atoms with Crippen LogP contribution in [0.15, 0.2) is 18.2 Å². The fourth-order valence-electron chi connectivity index (χ4n) is 3.87. The van der Waals surface area contributed by atoms with Crippen LogP contribution in [0.1, 0.15) is 39.3 Å². The van der Waals surface area contributed by atoms with E-state index >= 15 is 0 Å². The first kappa shape index (κ1) is 16.1. The summed E-state index contributed by atoms with van der Waals surface area (Å²) in [6, 6.07) is 6.35. The maximum absolute atomic E-state index is 11.7. The van der Waals surface area contributed by atoms with Gasteiger partial charge in [0, 0.05) is 25.2 Å². The van der Waals surface area contributed by atoms with Gasteiger partial charge in [-0.15, -0.1) is 0 Å². The van der Waals surface area contributed by atoms with Gasteiger partial charge in [-0.1, -0.05) is 6.07 Å². The molecule has 0 radical (unpaired) electrons. The molecule has 1 aromatic heterocycles. The lowest BCUT2D eigenvalue weighted by molar-refractivity contribution is 0.0593. The number of carbonyl (C=O) groups is 1. The van der Waals surface area contributed by atoms with Crippen LogP contribution in [0.4, 0.5) is 0 Å². The van der Waals surface area contributed by atoms with Crippen LogP contribution in [-0.2, 0) is 37.2 Å². The highest BCUT2D eigenvalue weighted by atomic mass is 16.5. The number of ether oxygens (including phenoxy) is 2. The molecule has 1 aliphatic heterocycles. The average Bonchev–Trinajstić information content (AvgIpc) is 3.25. The van der Waals surface area contributed by atoms with Gasteiger partial charge in [0.05, 0.1) is 26.5 Å². The Bertz CT molecular complexity index is 812. The number of aromatic nitrogens is 2. The molecule has 4 rings (SSSR count). The zero-order valence-corrected chi connectivity index (χ0v) is 14.7. The van der Waals surface area contributed by atoms with Crippen molar-refractivity contribution in [2.75, 3.05) is 20.8 Å². The number of nitrogens with zero attached hydrogens (tertiary/aromatic N) is 3. The van der Waals surface area contributed by atoms with Gasteiger partial charge in [0.15, 0.2) is 5.69 Å². The predicted molar refractivity (Wildman–Crippen MR) is 92.7 cm³/mol. The molecule has 0 fully saturated rings. The Labute approximate surface area is 147 Å². The quantitative estimate of drug-likeness (QED) is 0.798. The molecule has 0 N–H and O–H groups in total. The summed E-state index contributed by atoms with van der Waals surface area (Å²) in [4.78, 5) is 14.0. The van der Waals surface area contributed by atoms with Crippen LogP contribution < -0.4 is 4.74 Å². The van der Waals surface area contributed by atoms with Crippen molar-refractivity contribution >= 4 is 5.97 Å². The van der Waals surface area contributed by atoms with Crippen molar-refractivity contribution in [3.05, 3.63) is 46.3 Å². The Morgan fingerprint density at radius 1 is 1.16 bits per heavy atom. The summed E-state index contributed by atoms with van der Waals surface area (Å²) in [5, 5.41) is 4.33. The molecule has 1 aromatic carbocycles. The van der Waals surface area contributed by atoms with E-state index in [1.807, 2.05) is 10.7 Å². The summed E-state index contributed by atoms with van der Waals surface area (Å²) < 4.78 is 12.3. The highest BCUT2D eigenvalue weighted by Gasteiger charge is 2.23. The minimum atomic E-state index is -0.381. The molecule has 0 amide bonds. The van der Waals surface area contributed by atoms with Gasteiger partial charge in [0.1, 0.15) is 5.75 Å². The van der Waals surface area contributed by atoms with Crippen LogP contribution in [0.2, 0.25) is 0 Å². The number of hydrogen-bond donors (Lipinski definition) is 0.